The first-order valence-corrected chi connectivity index (χ1v) is 10.6. The van der Waals surface area contributed by atoms with Crippen LogP contribution in [0.5, 0.6) is 5.75 Å². The minimum absolute atomic E-state index is 0.0723. The second-order valence-electron chi connectivity index (χ2n) is 7.34. The normalized spacial score (nSPS) is 14.5. The Bertz CT molecular complexity index is 934. The zero-order valence-corrected chi connectivity index (χ0v) is 17.5. The molecule has 0 aliphatic carbocycles. The highest BCUT2D eigenvalue weighted by atomic mass is 35.5. The van der Waals surface area contributed by atoms with Crippen LogP contribution in [0, 0.1) is 0 Å². The van der Waals surface area contributed by atoms with Gasteiger partial charge in [-0.15, -0.1) is 0 Å². The second-order valence-corrected chi connectivity index (χ2v) is 7.77. The molecule has 0 bridgehead atoms. The van der Waals surface area contributed by atoms with Gasteiger partial charge in [0.1, 0.15) is 11.9 Å². The SMILES string of the molecule is O=C(c1ccc(NCCn2cccn2)cc1)N1CCC(Oc2ccc(Cl)cc2)CC1. The smallest absolute Gasteiger partial charge is 0.253 e. The maximum absolute atomic E-state index is 12.8. The molecule has 1 fully saturated rings. The van der Waals surface area contributed by atoms with Crippen LogP contribution in [0.25, 0.3) is 0 Å². The Morgan fingerprint density at radius 2 is 1.83 bits per heavy atom. The molecule has 0 spiro atoms. The number of benzene rings is 2. The number of hydrogen-bond donors (Lipinski definition) is 1. The Labute approximate surface area is 181 Å². The van der Waals surface area contributed by atoms with Gasteiger partial charge in [-0.1, -0.05) is 11.6 Å². The monoisotopic (exact) mass is 424 g/mol. The first-order chi connectivity index (χ1) is 14.7. The summed E-state index contributed by atoms with van der Waals surface area (Å²) in [5.41, 5.74) is 1.71. The maximum Gasteiger partial charge on any atom is 0.253 e. The molecule has 156 valence electrons. The molecule has 1 amide bonds. The van der Waals surface area contributed by atoms with Crippen molar-refractivity contribution in [2.75, 3.05) is 25.0 Å². The lowest BCUT2D eigenvalue weighted by molar-refractivity contribution is 0.0595. The second kappa shape index (κ2) is 9.67. The Balaban J connectivity index is 1.24. The molecule has 6 nitrogen and oxygen atoms in total. The largest absolute Gasteiger partial charge is 0.490 e. The summed E-state index contributed by atoms with van der Waals surface area (Å²) in [5, 5.41) is 8.23. The van der Waals surface area contributed by atoms with E-state index in [1.807, 2.05) is 70.4 Å². The molecule has 0 saturated carbocycles. The highest BCUT2D eigenvalue weighted by molar-refractivity contribution is 6.30. The van der Waals surface area contributed by atoms with Crippen molar-refractivity contribution in [3.63, 3.8) is 0 Å². The molecule has 1 aliphatic rings. The molecule has 1 aliphatic heterocycles. The molecule has 2 aromatic carbocycles. The van der Waals surface area contributed by atoms with Gasteiger partial charge in [-0.25, -0.2) is 0 Å². The van der Waals surface area contributed by atoms with Crippen LogP contribution < -0.4 is 10.1 Å². The van der Waals surface area contributed by atoms with Crippen molar-refractivity contribution < 1.29 is 9.53 Å². The molecule has 7 heteroatoms. The molecule has 30 heavy (non-hydrogen) atoms. The van der Waals surface area contributed by atoms with Gasteiger partial charge in [-0.3, -0.25) is 9.48 Å². The average molecular weight is 425 g/mol. The minimum Gasteiger partial charge on any atom is -0.490 e. The van der Waals surface area contributed by atoms with Crippen molar-refractivity contribution in [1.82, 2.24) is 14.7 Å². The van der Waals surface area contributed by atoms with E-state index >= 15 is 0 Å². The Morgan fingerprint density at radius 3 is 2.50 bits per heavy atom. The van der Waals surface area contributed by atoms with Gasteiger partial charge in [0, 0.05) is 61.1 Å². The highest BCUT2D eigenvalue weighted by Crippen LogP contribution is 2.22. The molecule has 0 atom stereocenters. The van der Waals surface area contributed by atoms with Gasteiger partial charge in [-0.05, 0) is 54.6 Å². The van der Waals surface area contributed by atoms with Crippen LogP contribution in [-0.2, 0) is 6.54 Å². The number of ether oxygens (including phenoxy) is 1. The number of amides is 1. The number of likely N-dealkylation sites (tertiary alicyclic amines) is 1. The van der Waals surface area contributed by atoms with Crippen LogP contribution in [0.15, 0.2) is 67.0 Å². The molecule has 1 aromatic heterocycles. The quantitative estimate of drug-likeness (QED) is 0.613. The number of hydrogen-bond acceptors (Lipinski definition) is 4. The summed E-state index contributed by atoms with van der Waals surface area (Å²) >= 11 is 5.92. The fourth-order valence-electron chi connectivity index (χ4n) is 3.54. The summed E-state index contributed by atoms with van der Waals surface area (Å²) in [5.74, 6) is 0.892. The van der Waals surface area contributed by atoms with Crippen LogP contribution in [0.3, 0.4) is 0 Å². The van der Waals surface area contributed by atoms with Crippen molar-refractivity contribution in [2.45, 2.75) is 25.5 Å². The zero-order chi connectivity index (χ0) is 20.8. The molecular formula is C23H25ClN4O2. The van der Waals surface area contributed by atoms with Crippen molar-refractivity contribution in [3.8, 4) is 5.75 Å². The summed E-state index contributed by atoms with van der Waals surface area (Å²) < 4.78 is 7.89. The Kier molecular flexibility index (Phi) is 6.54. The molecule has 4 rings (SSSR count). The van der Waals surface area contributed by atoms with E-state index in [1.165, 1.54) is 0 Å². The van der Waals surface area contributed by atoms with Crippen molar-refractivity contribution in [2.24, 2.45) is 0 Å². The number of anilines is 1. The standard InChI is InChI=1S/C23H25ClN4O2/c24-19-4-8-21(9-5-19)30-22-10-15-27(16-11-22)23(29)18-2-6-20(7-3-18)25-13-17-28-14-1-12-26-28/h1-9,12,14,22,25H,10-11,13,15-17H2. The lowest BCUT2D eigenvalue weighted by Gasteiger charge is -2.32. The minimum atomic E-state index is 0.0723. The fourth-order valence-corrected chi connectivity index (χ4v) is 3.67. The summed E-state index contributed by atoms with van der Waals surface area (Å²) in [7, 11) is 0. The number of halogens is 1. The summed E-state index contributed by atoms with van der Waals surface area (Å²) in [6, 6.07) is 17.0. The summed E-state index contributed by atoms with van der Waals surface area (Å²) in [6.07, 6.45) is 5.47. The number of carbonyl (C=O) groups is 1. The van der Waals surface area contributed by atoms with Crippen LogP contribution in [-0.4, -0.2) is 46.3 Å². The number of nitrogens with zero attached hydrogens (tertiary/aromatic N) is 3. The van der Waals surface area contributed by atoms with E-state index in [1.54, 1.807) is 6.20 Å². The third-order valence-corrected chi connectivity index (χ3v) is 5.46. The van der Waals surface area contributed by atoms with Crippen molar-refractivity contribution in [3.05, 3.63) is 77.6 Å². The fraction of sp³-hybridized carbons (Fsp3) is 0.304. The third kappa shape index (κ3) is 5.33. The van der Waals surface area contributed by atoms with E-state index in [0.717, 1.165) is 37.4 Å². The van der Waals surface area contributed by atoms with E-state index in [9.17, 15) is 4.79 Å². The van der Waals surface area contributed by atoms with E-state index < -0.39 is 0 Å². The Morgan fingerprint density at radius 1 is 1.10 bits per heavy atom. The lowest BCUT2D eigenvalue weighted by Crippen LogP contribution is -2.41. The van der Waals surface area contributed by atoms with Gasteiger partial charge in [0.2, 0.25) is 0 Å². The lowest BCUT2D eigenvalue weighted by atomic mass is 10.1. The molecule has 1 N–H and O–H groups in total. The summed E-state index contributed by atoms with van der Waals surface area (Å²) in [6.45, 7) is 2.96. The average Bonchev–Trinajstić information content (AvgIpc) is 3.29. The molecule has 2 heterocycles. The molecule has 0 radical (unpaired) electrons. The van der Waals surface area contributed by atoms with Gasteiger partial charge in [0.15, 0.2) is 0 Å². The number of carbonyl (C=O) groups excluding carboxylic acids is 1. The van der Waals surface area contributed by atoms with Crippen molar-refractivity contribution in [1.29, 1.82) is 0 Å². The van der Waals surface area contributed by atoms with E-state index in [0.29, 0.717) is 23.7 Å². The van der Waals surface area contributed by atoms with Crippen LogP contribution in [0.2, 0.25) is 5.02 Å². The van der Waals surface area contributed by atoms with Crippen LogP contribution in [0.1, 0.15) is 23.2 Å². The van der Waals surface area contributed by atoms with Crippen LogP contribution in [0.4, 0.5) is 5.69 Å². The van der Waals surface area contributed by atoms with Gasteiger partial charge in [0.25, 0.3) is 5.91 Å². The Hall–Kier alpha value is -2.99. The van der Waals surface area contributed by atoms with E-state index in [-0.39, 0.29) is 12.0 Å². The predicted octanol–water partition coefficient (Wildman–Crippen LogP) is 4.33. The number of rotatable bonds is 7. The first kappa shape index (κ1) is 20.3. The molecular weight excluding hydrogens is 400 g/mol. The number of nitrogens with one attached hydrogen (secondary N) is 1. The van der Waals surface area contributed by atoms with E-state index in [2.05, 4.69) is 10.4 Å². The number of piperidine rings is 1. The number of aromatic nitrogens is 2. The van der Waals surface area contributed by atoms with Crippen LogP contribution >= 0.6 is 11.6 Å². The van der Waals surface area contributed by atoms with Gasteiger partial charge >= 0.3 is 0 Å². The van der Waals surface area contributed by atoms with Gasteiger partial charge in [0.05, 0.1) is 6.54 Å². The summed E-state index contributed by atoms with van der Waals surface area (Å²) in [4.78, 5) is 14.7. The highest BCUT2D eigenvalue weighted by Gasteiger charge is 2.24. The zero-order valence-electron chi connectivity index (χ0n) is 16.7. The van der Waals surface area contributed by atoms with Gasteiger partial charge < -0.3 is 15.0 Å². The first-order valence-electron chi connectivity index (χ1n) is 10.2. The van der Waals surface area contributed by atoms with E-state index in [4.69, 9.17) is 16.3 Å². The molecule has 0 unspecified atom stereocenters. The molecule has 1 saturated heterocycles. The third-order valence-electron chi connectivity index (χ3n) is 5.21. The van der Waals surface area contributed by atoms with Gasteiger partial charge in [-0.2, -0.15) is 5.10 Å². The van der Waals surface area contributed by atoms with Crippen molar-refractivity contribution >= 4 is 23.2 Å². The topological polar surface area (TPSA) is 59.4 Å². The maximum atomic E-state index is 12.8. The predicted molar refractivity (Wildman–Crippen MR) is 118 cm³/mol. The molecule has 3 aromatic rings.